The molecule has 42 heavy (non-hydrogen) atoms. The van der Waals surface area contributed by atoms with Crippen LogP contribution in [0.3, 0.4) is 0 Å². The molecule has 0 saturated carbocycles. The molecule has 0 bridgehead atoms. The van der Waals surface area contributed by atoms with Gasteiger partial charge in [-0.2, -0.15) is 0 Å². The summed E-state index contributed by atoms with van der Waals surface area (Å²) in [5.41, 5.74) is 12.7. The van der Waals surface area contributed by atoms with E-state index in [1.807, 2.05) is 6.07 Å². The predicted octanol–water partition coefficient (Wildman–Crippen LogP) is -1.72. The Morgan fingerprint density at radius 1 is 0.881 bits per heavy atom. The number of H-pyrrole nitrogens is 2. The van der Waals surface area contributed by atoms with E-state index >= 15 is 0 Å². The van der Waals surface area contributed by atoms with E-state index in [1.165, 1.54) is 12.5 Å². The number of carboxylic acids is 2. The van der Waals surface area contributed by atoms with Crippen LogP contribution in [-0.2, 0) is 41.6 Å². The summed E-state index contributed by atoms with van der Waals surface area (Å²) in [5, 5.41) is 26.6. The third-order valence-corrected chi connectivity index (χ3v) is 6.36. The second-order valence-corrected chi connectivity index (χ2v) is 9.58. The molecular formula is C26H32N8O8. The molecule has 4 atom stereocenters. The maximum absolute atomic E-state index is 13.5. The smallest absolute Gasteiger partial charge is 0.326 e. The van der Waals surface area contributed by atoms with Crippen molar-refractivity contribution in [3.63, 3.8) is 0 Å². The first-order valence-electron chi connectivity index (χ1n) is 12.9. The molecule has 0 radical (unpaired) electrons. The molecule has 16 heteroatoms. The highest BCUT2D eigenvalue weighted by atomic mass is 16.4. The van der Waals surface area contributed by atoms with Gasteiger partial charge in [-0.05, 0) is 18.1 Å². The lowest BCUT2D eigenvalue weighted by Gasteiger charge is -2.25. The second kappa shape index (κ2) is 14.4. The number of amides is 4. The average Bonchev–Trinajstić information content (AvgIpc) is 3.59. The van der Waals surface area contributed by atoms with E-state index in [-0.39, 0.29) is 19.3 Å². The molecule has 3 aromatic rings. The topological polar surface area (TPSA) is 275 Å². The van der Waals surface area contributed by atoms with Crippen molar-refractivity contribution < 1.29 is 39.0 Å². The number of aromatic amines is 2. The number of hydrogen-bond acceptors (Lipinski definition) is 8. The molecule has 16 nitrogen and oxygen atoms in total. The lowest BCUT2D eigenvalue weighted by molar-refractivity contribution is -0.143. The highest BCUT2D eigenvalue weighted by molar-refractivity contribution is 5.95. The Kier molecular flexibility index (Phi) is 10.7. The molecule has 2 aromatic heterocycles. The Hall–Kier alpha value is -5.25. The van der Waals surface area contributed by atoms with Crippen molar-refractivity contribution in [3.8, 4) is 0 Å². The van der Waals surface area contributed by atoms with Crippen molar-refractivity contribution in [2.45, 2.75) is 56.3 Å². The van der Waals surface area contributed by atoms with Gasteiger partial charge in [0.05, 0.1) is 18.8 Å². The first kappa shape index (κ1) is 31.3. The molecule has 3 rings (SSSR count). The minimum atomic E-state index is -1.54. The van der Waals surface area contributed by atoms with Crippen LogP contribution in [0.5, 0.6) is 0 Å². The summed E-state index contributed by atoms with van der Waals surface area (Å²) in [6.45, 7) is 0. The van der Waals surface area contributed by atoms with E-state index in [0.29, 0.717) is 11.3 Å². The highest BCUT2D eigenvalue weighted by Crippen LogP contribution is 2.19. The molecule has 4 unspecified atom stereocenters. The minimum absolute atomic E-state index is 0.0846. The molecule has 11 N–H and O–H groups in total. The van der Waals surface area contributed by atoms with Gasteiger partial charge in [-0.25, -0.2) is 9.78 Å². The Balaban J connectivity index is 1.88. The molecular weight excluding hydrogens is 552 g/mol. The minimum Gasteiger partial charge on any atom is -0.481 e. The zero-order valence-corrected chi connectivity index (χ0v) is 22.3. The third kappa shape index (κ3) is 8.88. The summed E-state index contributed by atoms with van der Waals surface area (Å²) in [5.74, 6) is -6.06. The molecule has 4 amide bonds. The molecule has 224 valence electrons. The Bertz CT molecular complexity index is 1440. The van der Waals surface area contributed by atoms with Crippen LogP contribution in [0.1, 0.15) is 30.5 Å². The number of carboxylic acid groups (broad SMARTS) is 2. The van der Waals surface area contributed by atoms with Gasteiger partial charge in [-0.15, -0.1) is 0 Å². The van der Waals surface area contributed by atoms with E-state index in [0.717, 1.165) is 10.9 Å². The standard InChI is InChI=1S/C26H32N8O8/c27-16(9-21(28)35)23(38)33-20(8-14-11-29-12-31-14)25(40)34-19(7-13-10-30-17-4-2-1-3-15(13)17)24(39)32-18(26(41)42)5-6-22(36)37/h1-4,10-12,16,18-20,30H,5-9,27H2,(H2,28,35)(H,29,31)(H,32,39)(H,33,38)(H,34,40)(H,36,37)(H,41,42). The van der Waals surface area contributed by atoms with Crippen LogP contribution >= 0.6 is 0 Å². The van der Waals surface area contributed by atoms with Crippen LogP contribution in [0.15, 0.2) is 43.0 Å². The Morgan fingerprint density at radius 2 is 1.52 bits per heavy atom. The van der Waals surface area contributed by atoms with Crippen molar-refractivity contribution in [2.75, 3.05) is 0 Å². The van der Waals surface area contributed by atoms with Crippen LogP contribution in [0, 0.1) is 0 Å². The van der Waals surface area contributed by atoms with Gasteiger partial charge in [-0.1, -0.05) is 18.2 Å². The van der Waals surface area contributed by atoms with Crippen LogP contribution in [-0.4, -0.2) is 84.9 Å². The third-order valence-electron chi connectivity index (χ3n) is 6.36. The number of para-hydroxylation sites is 1. The number of nitrogens with one attached hydrogen (secondary N) is 5. The SMILES string of the molecule is NC(=O)CC(N)C(=O)NC(Cc1cnc[nH]1)C(=O)NC(Cc1c[nH]c2ccccc12)C(=O)NC(CCC(=O)O)C(=O)O. The fraction of sp³-hybridized carbons (Fsp3) is 0.346. The second-order valence-electron chi connectivity index (χ2n) is 9.58. The van der Waals surface area contributed by atoms with E-state index in [2.05, 4.69) is 30.9 Å². The molecule has 1 aromatic carbocycles. The van der Waals surface area contributed by atoms with Gasteiger partial charge in [-0.3, -0.25) is 24.0 Å². The number of nitrogens with two attached hydrogens (primary N) is 2. The summed E-state index contributed by atoms with van der Waals surface area (Å²) in [6, 6.07) is 1.68. The number of imidazole rings is 1. The Labute approximate surface area is 238 Å². The van der Waals surface area contributed by atoms with E-state index in [1.54, 1.807) is 24.4 Å². The van der Waals surface area contributed by atoms with E-state index < -0.39 is 72.6 Å². The summed E-state index contributed by atoms with van der Waals surface area (Å²) < 4.78 is 0. The molecule has 2 heterocycles. The number of aromatic nitrogens is 3. The highest BCUT2D eigenvalue weighted by Gasteiger charge is 2.31. The van der Waals surface area contributed by atoms with Crippen LogP contribution in [0.25, 0.3) is 10.9 Å². The largest absolute Gasteiger partial charge is 0.481 e. The quantitative estimate of drug-likeness (QED) is 0.0918. The van der Waals surface area contributed by atoms with Gasteiger partial charge in [0, 0.05) is 48.3 Å². The molecule has 0 saturated heterocycles. The monoisotopic (exact) mass is 584 g/mol. The van der Waals surface area contributed by atoms with Crippen LogP contribution in [0.4, 0.5) is 0 Å². The van der Waals surface area contributed by atoms with Crippen molar-refractivity contribution in [1.29, 1.82) is 0 Å². The number of hydrogen-bond donors (Lipinski definition) is 9. The number of aliphatic carboxylic acids is 2. The molecule has 0 aliphatic heterocycles. The number of rotatable bonds is 16. The molecule has 0 aliphatic rings. The zero-order valence-electron chi connectivity index (χ0n) is 22.3. The van der Waals surface area contributed by atoms with Gasteiger partial charge in [0.1, 0.15) is 18.1 Å². The lowest BCUT2D eigenvalue weighted by atomic mass is 10.0. The van der Waals surface area contributed by atoms with Crippen LogP contribution < -0.4 is 27.4 Å². The Morgan fingerprint density at radius 3 is 2.14 bits per heavy atom. The van der Waals surface area contributed by atoms with E-state index in [9.17, 15) is 33.9 Å². The number of benzene rings is 1. The van der Waals surface area contributed by atoms with Crippen molar-refractivity contribution in [1.82, 2.24) is 30.9 Å². The number of fused-ring (bicyclic) bond motifs is 1. The number of carbonyl (C=O) groups is 6. The first-order valence-corrected chi connectivity index (χ1v) is 12.9. The van der Waals surface area contributed by atoms with Gasteiger partial charge < -0.3 is 47.6 Å². The van der Waals surface area contributed by atoms with Crippen molar-refractivity contribution >= 4 is 46.5 Å². The number of carbonyl (C=O) groups excluding carboxylic acids is 4. The van der Waals surface area contributed by atoms with Gasteiger partial charge in [0.2, 0.25) is 23.6 Å². The predicted molar refractivity (Wildman–Crippen MR) is 146 cm³/mol. The lowest BCUT2D eigenvalue weighted by Crippen LogP contribution is -2.58. The normalized spacial score (nSPS) is 13.8. The first-order chi connectivity index (χ1) is 19.9. The van der Waals surface area contributed by atoms with Crippen molar-refractivity contribution in [3.05, 3.63) is 54.2 Å². The number of primary amides is 1. The average molecular weight is 585 g/mol. The summed E-state index contributed by atoms with van der Waals surface area (Å²) in [4.78, 5) is 83.2. The molecule has 0 spiro atoms. The fourth-order valence-corrected chi connectivity index (χ4v) is 4.21. The fourth-order valence-electron chi connectivity index (χ4n) is 4.21. The maximum Gasteiger partial charge on any atom is 0.326 e. The van der Waals surface area contributed by atoms with Gasteiger partial charge in [0.25, 0.3) is 0 Å². The zero-order chi connectivity index (χ0) is 30.8. The van der Waals surface area contributed by atoms with Crippen LogP contribution in [0.2, 0.25) is 0 Å². The molecule has 0 aliphatic carbocycles. The van der Waals surface area contributed by atoms with Gasteiger partial charge >= 0.3 is 11.9 Å². The summed E-state index contributed by atoms with van der Waals surface area (Å²) in [6.07, 6.45) is 2.87. The summed E-state index contributed by atoms with van der Waals surface area (Å²) >= 11 is 0. The van der Waals surface area contributed by atoms with Gasteiger partial charge in [0.15, 0.2) is 0 Å². The van der Waals surface area contributed by atoms with Crippen molar-refractivity contribution in [2.24, 2.45) is 11.5 Å². The molecule has 0 fully saturated rings. The summed E-state index contributed by atoms with van der Waals surface area (Å²) in [7, 11) is 0. The maximum atomic E-state index is 13.5. The number of nitrogens with zero attached hydrogens (tertiary/aromatic N) is 1. The van der Waals surface area contributed by atoms with E-state index in [4.69, 9.17) is 16.6 Å².